The Morgan fingerprint density at radius 1 is 0.958 bits per heavy atom. The first-order valence-corrected chi connectivity index (χ1v) is 18.2. The maximum absolute atomic E-state index is 11.7. The molecular weight excluding hydrogens is 651 g/mol. The molecule has 0 fully saturated rings. The van der Waals surface area contributed by atoms with Crippen molar-refractivity contribution in [3.8, 4) is 16.9 Å². The largest absolute Gasteiger partial charge is 0.489 e. The molecule has 10 nitrogen and oxygen atoms in total. The number of para-hydroxylation sites is 2. The standard InChI is InChI=1S/C36H41N3O3S.H2O4S/c1-4-8-27(9-5-2)28-16-18-31(19-17-28)42-23-26-12-14-29(15-13-26)30-20-32(43-24-30)21-39(22-35(40)41)25(3)36-37-33-10-6-7-11-34(33)38-36;1-5(2,3)4/h6-7,10-20,24-25,27H,4-5,8-9,21-23H2,1-3H3,(H,37,38)(H,40,41);(H2,1,2,3,4). The van der Waals surface area contributed by atoms with E-state index in [2.05, 4.69) is 78.8 Å². The van der Waals surface area contributed by atoms with E-state index < -0.39 is 16.4 Å². The number of aromatic nitrogens is 2. The summed E-state index contributed by atoms with van der Waals surface area (Å²) >= 11 is 1.65. The third kappa shape index (κ3) is 11.3. The summed E-state index contributed by atoms with van der Waals surface area (Å²) < 4.78 is 37.7. The number of benzene rings is 3. The van der Waals surface area contributed by atoms with E-state index in [1.165, 1.54) is 31.2 Å². The lowest BCUT2D eigenvalue weighted by Crippen LogP contribution is -2.32. The van der Waals surface area contributed by atoms with Gasteiger partial charge in [0.2, 0.25) is 0 Å². The molecule has 12 heteroatoms. The molecule has 0 amide bonds. The lowest BCUT2D eigenvalue weighted by Gasteiger charge is -2.25. The van der Waals surface area contributed by atoms with Gasteiger partial charge >= 0.3 is 16.4 Å². The number of nitrogens with zero attached hydrogens (tertiary/aromatic N) is 2. The number of carboxylic acids is 1. The van der Waals surface area contributed by atoms with Crippen molar-refractivity contribution in [3.63, 3.8) is 0 Å². The van der Waals surface area contributed by atoms with Crippen molar-refractivity contribution in [2.45, 2.75) is 71.6 Å². The number of thiophene rings is 1. The molecule has 0 bridgehead atoms. The van der Waals surface area contributed by atoms with Crippen LogP contribution in [-0.4, -0.2) is 50.0 Å². The normalized spacial score (nSPS) is 12.2. The number of imidazole rings is 1. The van der Waals surface area contributed by atoms with Gasteiger partial charge in [-0.15, -0.1) is 11.3 Å². The molecule has 256 valence electrons. The molecular formula is C36H43N3O7S2. The fraction of sp³-hybridized carbons (Fsp3) is 0.333. The number of carbonyl (C=O) groups is 1. The summed E-state index contributed by atoms with van der Waals surface area (Å²) in [4.78, 5) is 22.8. The van der Waals surface area contributed by atoms with Crippen LogP contribution >= 0.6 is 11.3 Å². The van der Waals surface area contributed by atoms with Crippen molar-refractivity contribution < 1.29 is 32.2 Å². The second-order valence-electron chi connectivity index (χ2n) is 11.7. The van der Waals surface area contributed by atoms with Crippen molar-refractivity contribution in [1.82, 2.24) is 14.9 Å². The van der Waals surface area contributed by atoms with E-state index in [1.54, 1.807) is 11.3 Å². The number of nitrogens with one attached hydrogen (secondary N) is 1. The molecule has 5 aromatic rings. The fourth-order valence-corrected chi connectivity index (χ4v) is 6.55. The van der Waals surface area contributed by atoms with Crippen LogP contribution in [0.15, 0.2) is 84.2 Å². The molecule has 0 saturated heterocycles. The van der Waals surface area contributed by atoms with Crippen LogP contribution in [0.3, 0.4) is 0 Å². The Kier molecular flexibility index (Phi) is 13.3. The highest BCUT2D eigenvalue weighted by Crippen LogP contribution is 2.31. The molecule has 0 aliphatic carbocycles. The zero-order chi connectivity index (χ0) is 34.7. The van der Waals surface area contributed by atoms with Gasteiger partial charge in [0.05, 0.1) is 23.6 Å². The monoisotopic (exact) mass is 693 g/mol. The van der Waals surface area contributed by atoms with E-state index in [0.717, 1.165) is 44.2 Å². The molecule has 0 aliphatic rings. The van der Waals surface area contributed by atoms with Crippen molar-refractivity contribution in [2.75, 3.05) is 6.54 Å². The lowest BCUT2D eigenvalue weighted by molar-refractivity contribution is -0.139. The highest BCUT2D eigenvalue weighted by atomic mass is 32.3. The van der Waals surface area contributed by atoms with E-state index in [9.17, 15) is 9.90 Å². The van der Waals surface area contributed by atoms with Crippen molar-refractivity contribution in [3.05, 3.63) is 106 Å². The van der Waals surface area contributed by atoms with Gasteiger partial charge in [0.25, 0.3) is 0 Å². The van der Waals surface area contributed by atoms with Crippen LogP contribution in [0, 0.1) is 0 Å². The van der Waals surface area contributed by atoms with E-state index in [4.69, 9.17) is 27.2 Å². The van der Waals surface area contributed by atoms with E-state index in [1.807, 2.05) is 36.1 Å². The molecule has 2 aromatic heterocycles. The molecule has 1 unspecified atom stereocenters. The van der Waals surface area contributed by atoms with Gasteiger partial charge < -0.3 is 14.8 Å². The predicted molar refractivity (Wildman–Crippen MR) is 190 cm³/mol. The van der Waals surface area contributed by atoms with Crippen LogP contribution in [-0.2, 0) is 28.3 Å². The van der Waals surface area contributed by atoms with Gasteiger partial charge in [-0.1, -0.05) is 75.2 Å². The number of hydrogen-bond acceptors (Lipinski definition) is 7. The van der Waals surface area contributed by atoms with Crippen molar-refractivity contribution in [2.24, 2.45) is 0 Å². The average molecular weight is 694 g/mol. The molecule has 0 saturated carbocycles. The highest BCUT2D eigenvalue weighted by Gasteiger charge is 2.22. The first-order chi connectivity index (χ1) is 22.9. The van der Waals surface area contributed by atoms with Gasteiger partial charge in [-0.25, -0.2) is 4.98 Å². The Balaban J connectivity index is 0.000000968. The number of H-pyrrole nitrogens is 1. The summed E-state index contributed by atoms with van der Waals surface area (Å²) in [6, 6.07) is 26.9. The molecule has 3 aromatic carbocycles. The summed E-state index contributed by atoms with van der Waals surface area (Å²) in [6.07, 6.45) is 4.87. The average Bonchev–Trinajstić information content (AvgIpc) is 3.70. The predicted octanol–water partition coefficient (Wildman–Crippen LogP) is 8.55. The molecule has 5 rings (SSSR count). The van der Waals surface area contributed by atoms with E-state index >= 15 is 0 Å². The minimum atomic E-state index is -4.67. The minimum Gasteiger partial charge on any atom is -0.489 e. The lowest BCUT2D eigenvalue weighted by atomic mass is 9.90. The second kappa shape index (κ2) is 17.4. The van der Waals surface area contributed by atoms with Crippen LogP contribution < -0.4 is 4.74 Å². The Morgan fingerprint density at radius 3 is 2.21 bits per heavy atom. The molecule has 0 aliphatic heterocycles. The molecule has 4 N–H and O–H groups in total. The summed E-state index contributed by atoms with van der Waals surface area (Å²) in [5.74, 6) is 1.44. The maximum Gasteiger partial charge on any atom is 0.394 e. The van der Waals surface area contributed by atoms with Gasteiger partial charge in [-0.05, 0) is 83.6 Å². The number of hydrogen-bond donors (Lipinski definition) is 4. The molecule has 0 radical (unpaired) electrons. The summed E-state index contributed by atoms with van der Waals surface area (Å²) in [5, 5.41) is 11.8. The first kappa shape index (κ1) is 36.8. The number of rotatable bonds is 15. The van der Waals surface area contributed by atoms with Gasteiger partial charge in [0.15, 0.2) is 0 Å². The Bertz CT molecular complexity index is 1810. The third-order valence-electron chi connectivity index (χ3n) is 8.02. The van der Waals surface area contributed by atoms with Crippen LogP contribution in [0.5, 0.6) is 5.75 Å². The quantitative estimate of drug-likeness (QED) is 0.0790. The summed E-state index contributed by atoms with van der Waals surface area (Å²) in [7, 11) is -4.67. The van der Waals surface area contributed by atoms with Gasteiger partial charge in [0.1, 0.15) is 18.2 Å². The molecule has 2 heterocycles. The summed E-state index contributed by atoms with van der Waals surface area (Å²) in [6.45, 7) is 7.48. The first-order valence-electron chi connectivity index (χ1n) is 15.9. The van der Waals surface area contributed by atoms with Crippen LogP contribution in [0.2, 0.25) is 0 Å². The maximum atomic E-state index is 11.7. The zero-order valence-corrected chi connectivity index (χ0v) is 29.0. The Labute approximate surface area is 286 Å². The van der Waals surface area contributed by atoms with Crippen LogP contribution in [0.4, 0.5) is 0 Å². The number of fused-ring (bicyclic) bond motifs is 1. The Hall–Kier alpha value is -4.07. The van der Waals surface area contributed by atoms with Gasteiger partial charge in [-0.2, -0.15) is 8.42 Å². The minimum absolute atomic E-state index is 0.0685. The van der Waals surface area contributed by atoms with Gasteiger partial charge in [-0.3, -0.25) is 18.8 Å². The number of carboxylic acid groups (broad SMARTS) is 1. The highest BCUT2D eigenvalue weighted by molar-refractivity contribution is 7.79. The second-order valence-corrected chi connectivity index (χ2v) is 13.6. The number of aliphatic carboxylic acids is 1. The fourth-order valence-electron chi connectivity index (χ4n) is 5.63. The number of ether oxygens (including phenoxy) is 1. The molecule has 1 atom stereocenters. The smallest absolute Gasteiger partial charge is 0.394 e. The SMILES string of the molecule is CCCC(CCC)c1ccc(OCc2ccc(-c3csc(CN(CC(=O)O)C(C)c4nc5ccccc5[nH]4)c3)cc2)cc1.O=S(=O)(O)O. The third-order valence-corrected chi connectivity index (χ3v) is 8.94. The van der Waals surface area contributed by atoms with Crippen molar-refractivity contribution in [1.29, 1.82) is 0 Å². The topological polar surface area (TPSA) is 153 Å². The van der Waals surface area contributed by atoms with Gasteiger partial charge in [0, 0.05) is 11.4 Å². The van der Waals surface area contributed by atoms with Crippen LogP contribution in [0.25, 0.3) is 22.2 Å². The molecule has 48 heavy (non-hydrogen) atoms. The van der Waals surface area contributed by atoms with E-state index in [-0.39, 0.29) is 12.6 Å². The van der Waals surface area contributed by atoms with Crippen LogP contribution in [0.1, 0.15) is 80.2 Å². The Morgan fingerprint density at radius 2 is 1.60 bits per heavy atom. The zero-order valence-electron chi connectivity index (χ0n) is 27.4. The summed E-state index contributed by atoms with van der Waals surface area (Å²) in [5.41, 5.74) is 6.61. The van der Waals surface area contributed by atoms with Crippen molar-refractivity contribution >= 4 is 38.7 Å². The molecule has 0 spiro atoms. The number of aromatic amines is 1. The van der Waals surface area contributed by atoms with E-state index in [0.29, 0.717) is 19.1 Å².